The predicted octanol–water partition coefficient (Wildman–Crippen LogP) is 1.58. The summed E-state index contributed by atoms with van der Waals surface area (Å²) in [6.45, 7) is 0.446. The van der Waals surface area contributed by atoms with Crippen LogP contribution in [0.4, 0.5) is 5.82 Å². The van der Waals surface area contributed by atoms with Crippen molar-refractivity contribution in [3.63, 3.8) is 0 Å². The first kappa shape index (κ1) is 12.3. The lowest BCUT2D eigenvalue weighted by atomic mass is 10.2. The Labute approximate surface area is 105 Å². The molecule has 1 heterocycles. The number of hydrogen-bond donors (Lipinski definition) is 1. The molecule has 94 valence electrons. The van der Waals surface area contributed by atoms with Crippen molar-refractivity contribution < 1.29 is 9.53 Å². The normalized spacial score (nSPS) is 10.3. The van der Waals surface area contributed by atoms with E-state index in [4.69, 9.17) is 4.74 Å². The van der Waals surface area contributed by atoms with E-state index >= 15 is 0 Å². The number of nitrogens with one attached hydrogen (secondary N) is 1. The van der Waals surface area contributed by atoms with Crippen molar-refractivity contribution in [1.29, 1.82) is 0 Å². The maximum atomic E-state index is 11.5. The monoisotopic (exact) mass is 245 g/mol. The molecule has 0 spiro atoms. The Hall–Kier alpha value is -2.14. The SMILES string of the molecule is Cn1ccc(NC(=O)COCc2ccccc2)n1. The number of aromatic nitrogens is 2. The maximum absolute atomic E-state index is 11.5. The lowest BCUT2D eigenvalue weighted by Gasteiger charge is -2.04. The second-order valence-electron chi connectivity index (χ2n) is 3.90. The molecule has 1 amide bonds. The highest BCUT2D eigenvalue weighted by Crippen LogP contribution is 2.02. The van der Waals surface area contributed by atoms with Gasteiger partial charge < -0.3 is 10.1 Å². The van der Waals surface area contributed by atoms with Crippen LogP contribution in [-0.2, 0) is 23.2 Å². The van der Waals surface area contributed by atoms with Crippen molar-refractivity contribution in [2.75, 3.05) is 11.9 Å². The summed E-state index contributed by atoms with van der Waals surface area (Å²) < 4.78 is 6.94. The molecule has 0 saturated carbocycles. The molecule has 1 aromatic heterocycles. The number of benzene rings is 1. The molecule has 0 aliphatic rings. The van der Waals surface area contributed by atoms with Crippen LogP contribution in [0.25, 0.3) is 0 Å². The maximum Gasteiger partial charge on any atom is 0.251 e. The second kappa shape index (κ2) is 5.97. The van der Waals surface area contributed by atoms with Crippen LogP contribution < -0.4 is 5.32 Å². The molecule has 1 aromatic carbocycles. The summed E-state index contributed by atoms with van der Waals surface area (Å²) >= 11 is 0. The average Bonchev–Trinajstić information content (AvgIpc) is 2.76. The molecule has 18 heavy (non-hydrogen) atoms. The third kappa shape index (κ3) is 3.71. The number of aryl methyl sites for hydroxylation is 1. The highest BCUT2D eigenvalue weighted by Gasteiger charge is 2.04. The molecule has 5 nitrogen and oxygen atoms in total. The van der Waals surface area contributed by atoms with Crippen LogP contribution in [0, 0.1) is 0 Å². The van der Waals surface area contributed by atoms with Gasteiger partial charge in [-0.2, -0.15) is 5.10 Å². The van der Waals surface area contributed by atoms with Gasteiger partial charge in [0.2, 0.25) is 0 Å². The Morgan fingerprint density at radius 3 is 2.78 bits per heavy atom. The van der Waals surface area contributed by atoms with Crippen molar-refractivity contribution in [3.8, 4) is 0 Å². The molecule has 1 N–H and O–H groups in total. The van der Waals surface area contributed by atoms with Crippen LogP contribution in [0.15, 0.2) is 42.6 Å². The highest BCUT2D eigenvalue weighted by molar-refractivity contribution is 5.90. The minimum absolute atomic E-state index is 0.0193. The van der Waals surface area contributed by atoms with E-state index in [0.29, 0.717) is 12.4 Å². The third-order valence-corrected chi connectivity index (χ3v) is 2.33. The average molecular weight is 245 g/mol. The highest BCUT2D eigenvalue weighted by atomic mass is 16.5. The van der Waals surface area contributed by atoms with Gasteiger partial charge in [-0.25, -0.2) is 0 Å². The molecule has 0 fully saturated rings. The number of ether oxygens (including phenoxy) is 1. The van der Waals surface area contributed by atoms with E-state index in [1.165, 1.54) is 0 Å². The Morgan fingerprint density at radius 1 is 1.33 bits per heavy atom. The van der Waals surface area contributed by atoms with Crippen molar-refractivity contribution in [3.05, 3.63) is 48.2 Å². The molecule has 0 radical (unpaired) electrons. The molecule has 0 aliphatic heterocycles. The molecular weight excluding hydrogens is 230 g/mol. The smallest absolute Gasteiger partial charge is 0.251 e. The van der Waals surface area contributed by atoms with Crippen LogP contribution in [0.1, 0.15) is 5.56 Å². The number of hydrogen-bond acceptors (Lipinski definition) is 3. The van der Waals surface area contributed by atoms with Gasteiger partial charge in [-0.15, -0.1) is 0 Å². The molecule has 0 aliphatic carbocycles. The zero-order valence-electron chi connectivity index (χ0n) is 10.2. The van der Waals surface area contributed by atoms with Gasteiger partial charge in [-0.3, -0.25) is 9.48 Å². The Kier molecular flexibility index (Phi) is 4.09. The quantitative estimate of drug-likeness (QED) is 0.870. The minimum Gasteiger partial charge on any atom is -0.367 e. The van der Waals surface area contributed by atoms with E-state index in [1.54, 1.807) is 24.0 Å². The zero-order chi connectivity index (χ0) is 12.8. The fraction of sp³-hybridized carbons (Fsp3) is 0.231. The zero-order valence-corrected chi connectivity index (χ0v) is 10.2. The van der Waals surface area contributed by atoms with Gasteiger partial charge in [0.05, 0.1) is 6.61 Å². The molecule has 5 heteroatoms. The molecule has 0 bridgehead atoms. The summed E-state index contributed by atoms with van der Waals surface area (Å²) in [5.41, 5.74) is 1.04. The first-order chi connectivity index (χ1) is 8.74. The van der Waals surface area contributed by atoms with E-state index in [0.717, 1.165) is 5.56 Å². The van der Waals surface area contributed by atoms with E-state index < -0.39 is 0 Å². The van der Waals surface area contributed by atoms with Gasteiger partial charge >= 0.3 is 0 Å². The van der Waals surface area contributed by atoms with Crippen LogP contribution in [0.5, 0.6) is 0 Å². The van der Waals surface area contributed by atoms with Crippen LogP contribution in [0.2, 0.25) is 0 Å². The largest absolute Gasteiger partial charge is 0.367 e. The molecule has 2 rings (SSSR count). The molecule has 0 saturated heterocycles. The summed E-state index contributed by atoms with van der Waals surface area (Å²) in [4.78, 5) is 11.5. The van der Waals surface area contributed by atoms with E-state index in [2.05, 4.69) is 10.4 Å². The molecule has 2 aromatic rings. The second-order valence-corrected chi connectivity index (χ2v) is 3.90. The predicted molar refractivity (Wildman–Crippen MR) is 67.9 cm³/mol. The summed E-state index contributed by atoms with van der Waals surface area (Å²) in [5.74, 6) is 0.329. The van der Waals surface area contributed by atoms with Gasteiger partial charge in [0.25, 0.3) is 5.91 Å². The summed E-state index contributed by atoms with van der Waals surface area (Å²) in [6.07, 6.45) is 1.76. The van der Waals surface area contributed by atoms with Gasteiger partial charge in [-0.05, 0) is 5.56 Å². The number of amides is 1. The lowest BCUT2D eigenvalue weighted by molar-refractivity contribution is -0.121. The van der Waals surface area contributed by atoms with E-state index in [-0.39, 0.29) is 12.5 Å². The van der Waals surface area contributed by atoms with Gasteiger partial charge in [0.1, 0.15) is 6.61 Å². The summed E-state index contributed by atoms with van der Waals surface area (Å²) in [5, 5.41) is 6.70. The topological polar surface area (TPSA) is 56.2 Å². The van der Waals surface area contributed by atoms with Crippen LogP contribution in [0.3, 0.4) is 0 Å². The fourth-order valence-electron chi connectivity index (χ4n) is 1.50. The summed E-state index contributed by atoms with van der Waals surface area (Å²) in [6, 6.07) is 11.5. The Bertz CT molecular complexity index is 508. The van der Waals surface area contributed by atoms with Crippen molar-refractivity contribution in [2.24, 2.45) is 7.05 Å². The lowest BCUT2D eigenvalue weighted by Crippen LogP contribution is -2.18. The molecule has 0 atom stereocenters. The number of carbonyl (C=O) groups excluding carboxylic acids is 1. The van der Waals surface area contributed by atoms with Gasteiger partial charge in [0.15, 0.2) is 5.82 Å². The van der Waals surface area contributed by atoms with Gasteiger partial charge in [-0.1, -0.05) is 30.3 Å². The van der Waals surface area contributed by atoms with E-state index in [1.807, 2.05) is 30.3 Å². The number of anilines is 1. The minimum atomic E-state index is -0.204. The Morgan fingerprint density at radius 2 is 2.11 bits per heavy atom. The van der Waals surface area contributed by atoms with Gasteiger partial charge in [0, 0.05) is 19.3 Å². The first-order valence-corrected chi connectivity index (χ1v) is 5.65. The van der Waals surface area contributed by atoms with Crippen molar-refractivity contribution >= 4 is 11.7 Å². The standard InChI is InChI=1S/C13H15N3O2/c1-16-8-7-12(15-16)14-13(17)10-18-9-11-5-3-2-4-6-11/h2-8H,9-10H2,1H3,(H,14,15,17). The fourth-order valence-corrected chi connectivity index (χ4v) is 1.50. The first-order valence-electron chi connectivity index (χ1n) is 5.65. The molecule has 0 unspecified atom stereocenters. The number of carbonyl (C=O) groups is 1. The van der Waals surface area contributed by atoms with Crippen molar-refractivity contribution in [2.45, 2.75) is 6.61 Å². The Balaban J connectivity index is 1.72. The number of nitrogens with zero attached hydrogens (tertiary/aromatic N) is 2. The van der Waals surface area contributed by atoms with E-state index in [9.17, 15) is 4.79 Å². The van der Waals surface area contributed by atoms with Crippen LogP contribution >= 0.6 is 0 Å². The summed E-state index contributed by atoms with van der Waals surface area (Å²) in [7, 11) is 1.79. The third-order valence-electron chi connectivity index (χ3n) is 2.33. The molecular formula is C13H15N3O2. The van der Waals surface area contributed by atoms with Crippen LogP contribution in [-0.4, -0.2) is 22.3 Å². The van der Waals surface area contributed by atoms with Crippen molar-refractivity contribution in [1.82, 2.24) is 9.78 Å². The number of rotatable bonds is 5.